The smallest absolute Gasteiger partial charge is 0.132 e. The first-order valence-corrected chi connectivity index (χ1v) is 7.25. The number of unbranched alkanes of at least 4 members (excludes halogenated alkanes) is 1. The van der Waals surface area contributed by atoms with Crippen molar-refractivity contribution in [3.8, 4) is 0 Å². The highest BCUT2D eigenvalue weighted by atomic mass is 19.1. The molecule has 0 aliphatic rings. The molecule has 0 atom stereocenters. The van der Waals surface area contributed by atoms with Crippen molar-refractivity contribution in [3.63, 3.8) is 0 Å². The lowest BCUT2D eigenvalue weighted by Crippen LogP contribution is -2.07. The van der Waals surface area contributed by atoms with Crippen LogP contribution in [0.4, 0.5) is 16.0 Å². The molecule has 4 nitrogen and oxygen atoms in total. The Kier molecular flexibility index (Phi) is 5.49. The Morgan fingerprint density at radius 2 is 1.71 bits per heavy atom. The Bertz CT molecular complexity index is 569. The fraction of sp³-hybridized carbons (Fsp3) is 0.375. The maximum Gasteiger partial charge on any atom is 0.132 e. The van der Waals surface area contributed by atoms with Gasteiger partial charge in [-0.15, -0.1) is 0 Å². The number of hydrogen-bond acceptors (Lipinski definition) is 4. The van der Waals surface area contributed by atoms with Crippen molar-refractivity contribution in [1.82, 2.24) is 9.97 Å². The van der Waals surface area contributed by atoms with E-state index < -0.39 is 0 Å². The first-order valence-electron chi connectivity index (χ1n) is 7.25. The number of aromatic nitrogens is 2. The van der Waals surface area contributed by atoms with Gasteiger partial charge < -0.3 is 10.6 Å². The number of benzene rings is 1. The topological polar surface area (TPSA) is 49.8 Å². The van der Waals surface area contributed by atoms with Crippen molar-refractivity contribution in [2.24, 2.45) is 0 Å². The number of rotatable bonds is 7. The zero-order valence-electron chi connectivity index (χ0n) is 12.5. The number of aryl methyl sites for hydroxylation is 1. The summed E-state index contributed by atoms with van der Waals surface area (Å²) in [5.74, 6) is 2.10. The van der Waals surface area contributed by atoms with Crippen LogP contribution in [0, 0.1) is 12.7 Å². The Hall–Kier alpha value is -2.17. The van der Waals surface area contributed by atoms with Gasteiger partial charge in [0.15, 0.2) is 0 Å². The fourth-order valence-electron chi connectivity index (χ4n) is 1.94. The van der Waals surface area contributed by atoms with Crippen LogP contribution >= 0.6 is 0 Å². The molecule has 2 rings (SSSR count). The van der Waals surface area contributed by atoms with E-state index >= 15 is 0 Å². The molecule has 0 saturated carbocycles. The number of halogens is 1. The molecule has 1 heterocycles. The molecule has 0 fully saturated rings. The van der Waals surface area contributed by atoms with E-state index in [1.807, 2.05) is 13.0 Å². The third-order valence-electron chi connectivity index (χ3n) is 3.06. The summed E-state index contributed by atoms with van der Waals surface area (Å²) in [5.41, 5.74) is 1.01. The van der Waals surface area contributed by atoms with Crippen LogP contribution in [0.5, 0.6) is 0 Å². The largest absolute Gasteiger partial charge is 0.370 e. The normalized spacial score (nSPS) is 10.4. The van der Waals surface area contributed by atoms with Gasteiger partial charge >= 0.3 is 0 Å². The third-order valence-corrected chi connectivity index (χ3v) is 3.06. The highest BCUT2D eigenvalue weighted by Crippen LogP contribution is 2.13. The Morgan fingerprint density at radius 1 is 1.05 bits per heavy atom. The molecule has 5 heteroatoms. The summed E-state index contributed by atoms with van der Waals surface area (Å²) in [6, 6.07) is 8.33. The molecular formula is C16H21FN4. The van der Waals surface area contributed by atoms with Crippen molar-refractivity contribution < 1.29 is 4.39 Å². The molecule has 0 bridgehead atoms. The molecule has 112 valence electrons. The maximum absolute atomic E-state index is 12.9. The van der Waals surface area contributed by atoms with Crippen LogP contribution in [0.1, 0.15) is 31.2 Å². The molecular weight excluding hydrogens is 267 g/mol. The number of nitrogens with zero attached hydrogens (tertiary/aromatic N) is 2. The van der Waals surface area contributed by atoms with E-state index in [1.54, 1.807) is 12.1 Å². The van der Waals surface area contributed by atoms with Crippen molar-refractivity contribution in [1.29, 1.82) is 0 Å². The summed E-state index contributed by atoms with van der Waals surface area (Å²) in [6.45, 7) is 5.53. The Morgan fingerprint density at radius 3 is 2.38 bits per heavy atom. The minimum absolute atomic E-state index is 0.223. The molecule has 0 spiro atoms. The molecule has 0 saturated heterocycles. The quantitative estimate of drug-likeness (QED) is 0.762. The Balaban J connectivity index is 1.97. The van der Waals surface area contributed by atoms with Gasteiger partial charge in [-0.25, -0.2) is 14.4 Å². The van der Waals surface area contributed by atoms with E-state index in [0.29, 0.717) is 6.54 Å². The molecule has 0 amide bonds. The average Bonchev–Trinajstić information content (AvgIpc) is 2.46. The monoisotopic (exact) mass is 288 g/mol. The molecule has 0 unspecified atom stereocenters. The first kappa shape index (κ1) is 15.2. The molecule has 1 aromatic heterocycles. The van der Waals surface area contributed by atoms with Gasteiger partial charge in [-0.3, -0.25) is 0 Å². The molecule has 0 radical (unpaired) electrons. The molecule has 2 N–H and O–H groups in total. The van der Waals surface area contributed by atoms with Crippen LogP contribution in [0.15, 0.2) is 30.3 Å². The lowest BCUT2D eigenvalue weighted by atomic mass is 10.2. The van der Waals surface area contributed by atoms with Crippen LogP contribution in [0.2, 0.25) is 0 Å². The molecule has 21 heavy (non-hydrogen) atoms. The molecule has 0 aliphatic heterocycles. The van der Waals surface area contributed by atoms with Crippen LogP contribution in [0.25, 0.3) is 0 Å². The first-order chi connectivity index (χ1) is 10.2. The second-order valence-corrected chi connectivity index (χ2v) is 4.95. The van der Waals surface area contributed by atoms with E-state index in [9.17, 15) is 4.39 Å². The minimum atomic E-state index is -0.223. The van der Waals surface area contributed by atoms with Gasteiger partial charge in [0.05, 0.1) is 0 Å². The second kappa shape index (κ2) is 7.57. The average molecular weight is 288 g/mol. The number of anilines is 2. The van der Waals surface area contributed by atoms with Crippen molar-refractivity contribution in [3.05, 3.63) is 47.5 Å². The van der Waals surface area contributed by atoms with Gasteiger partial charge in [-0.05, 0) is 31.0 Å². The van der Waals surface area contributed by atoms with Gasteiger partial charge in [0.2, 0.25) is 0 Å². The summed E-state index contributed by atoms with van der Waals surface area (Å²) in [7, 11) is 0. The SMILES string of the molecule is CCCCNc1cc(NCc2ccc(F)cc2)nc(C)n1. The summed E-state index contributed by atoms with van der Waals surface area (Å²) < 4.78 is 12.9. The van der Waals surface area contributed by atoms with Gasteiger partial charge in [0.25, 0.3) is 0 Å². The van der Waals surface area contributed by atoms with Crippen LogP contribution < -0.4 is 10.6 Å². The summed E-state index contributed by atoms with van der Waals surface area (Å²) >= 11 is 0. The van der Waals surface area contributed by atoms with E-state index in [0.717, 1.165) is 42.4 Å². The van der Waals surface area contributed by atoms with E-state index in [4.69, 9.17) is 0 Å². The predicted octanol–water partition coefficient (Wildman–Crippen LogP) is 3.75. The van der Waals surface area contributed by atoms with E-state index in [2.05, 4.69) is 27.5 Å². The molecule has 1 aromatic carbocycles. The van der Waals surface area contributed by atoms with E-state index in [1.165, 1.54) is 12.1 Å². The number of hydrogen-bond donors (Lipinski definition) is 2. The minimum Gasteiger partial charge on any atom is -0.370 e. The Labute approximate surface area is 124 Å². The number of nitrogens with one attached hydrogen (secondary N) is 2. The zero-order valence-corrected chi connectivity index (χ0v) is 12.5. The molecule has 2 aromatic rings. The van der Waals surface area contributed by atoms with Crippen LogP contribution in [-0.2, 0) is 6.54 Å². The summed E-state index contributed by atoms with van der Waals surface area (Å²) in [6.07, 6.45) is 2.26. The van der Waals surface area contributed by atoms with Gasteiger partial charge in [-0.1, -0.05) is 25.5 Å². The van der Waals surface area contributed by atoms with Crippen LogP contribution in [-0.4, -0.2) is 16.5 Å². The van der Waals surface area contributed by atoms with Gasteiger partial charge in [0, 0.05) is 19.2 Å². The highest BCUT2D eigenvalue weighted by molar-refractivity contribution is 5.47. The second-order valence-electron chi connectivity index (χ2n) is 4.95. The zero-order chi connectivity index (χ0) is 15.1. The van der Waals surface area contributed by atoms with Gasteiger partial charge in [-0.2, -0.15) is 0 Å². The van der Waals surface area contributed by atoms with Crippen molar-refractivity contribution in [2.75, 3.05) is 17.2 Å². The molecule has 0 aliphatic carbocycles. The van der Waals surface area contributed by atoms with Gasteiger partial charge in [0.1, 0.15) is 23.3 Å². The van der Waals surface area contributed by atoms with Crippen molar-refractivity contribution >= 4 is 11.6 Å². The fourth-order valence-corrected chi connectivity index (χ4v) is 1.94. The predicted molar refractivity (Wildman–Crippen MR) is 83.9 cm³/mol. The lowest BCUT2D eigenvalue weighted by Gasteiger charge is -2.10. The third kappa shape index (κ3) is 5.02. The van der Waals surface area contributed by atoms with Crippen LogP contribution in [0.3, 0.4) is 0 Å². The maximum atomic E-state index is 12.9. The highest BCUT2D eigenvalue weighted by Gasteiger charge is 2.02. The summed E-state index contributed by atoms with van der Waals surface area (Å²) in [4.78, 5) is 8.72. The van der Waals surface area contributed by atoms with E-state index in [-0.39, 0.29) is 5.82 Å². The van der Waals surface area contributed by atoms with Crippen molar-refractivity contribution in [2.45, 2.75) is 33.2 Å². The standard InChI is InChI=1S/C16H21FN4/c1-3-4-9-18-15-10-16(21-12(2)20-15)19-11-13-5-7-14(17)8-6-13/h5-8,10H,3-4,9,11H2,1-2H3,(H2,18,19,20,21). The summed E-state index contributed by atoms with van der Waals surface area (Å²) in [5, 5.41) is 6.53. The lowest BCUT2D eigenvalue weighted by molar-refractivity contribution is 0.627.